The fraction of sp³-hybridized carbons (Fsp3) is 1.00. The van der Waals surface area contributed by atoms with Gasteiger partial charge in [0.05, 0.1) is 0 Å². The van der Waals surface area contributed by atoms with Crippen molar-refractivity contribution in [1.29, 1.82) is 0 Å². The molecular weight excluding hydrogens is 222 g/mol. The van der Waals surface area contributed by atoms with Crippen LogP contribution in [0.15, 0.2) is 0 Å². The third-order valence-electron chi connectivity index (χ3n) is 0.751. The molecule has 0 fully saturated rings. The summed E-state index contributed by atoms with van der Waals surface area (Å²) >= 11 is 14.7. The zero-order chi connectivity index (χ0) is 8.36. The highest BCUT2D eigenvalue weighted by molar-refractivity contribution is 8.30. The molecule has 0 saturated heterocycles. The molecule has 0 bridgehead atoms. The Morgan fingerprint density at radius 1 is 1.80 bits per heavy atom. The monoisotopic (exact) mass is 226 g/mol. The molecule has 1 atom stereocenters. The topological polar surface area (TPSA) is 32.3 Å². The van der Waals surface area contributed by atoms with Gasteiger partial charge >= 0.3 is 0 Å². The van der Waals surface area contributed by atoms with Gasteiger partial charge in [0.1, 0.15) is 0 Å². The van der Waals surface area contributed by atoms with Gasteiger partial charge in [-0.1, -0.05) is 28.1 Å². The van der Waals surface area contributed by atoms with E-state index < -0.39 is 13.8 Å². The molecule has 1 unspecified atom stereocenters. The van der Waals surface area contributed by atoms with Crippen molar-refractivity contribution in [2.75, 3.05) is 7.05 Å². The fourth-order valence-corrected chi connectivity index (χ4v) is 1.69. The molecule has 3 nitrogen and oxygen atoms in total. The molecule has 0 aromatic carbocycles. The van der Waals surface area contributed by atoms with E-state index in [4.69, 9.17) is 23.2 Å². The van der Waals surface area contributed by atoms with Crippen molar-refractivity contribution in [2.24, 2.45) is 0 Å². The standard InChI is InChI=1S/C2H5Cl2FN2OS2/c1-7(2(3)4)10(8,9)6-5/h2,6H,1H3. The molecule has 0 radical (unpaired) electrons. The maximum Gasteiger partial charge on any atom is 0.183 e. The number of alkyl halides is 2. The molecule has 8 heteroatoms. The van der Waals surface area contributed by atoms with Crippen molar-refractivity contribution in [1.82, 2.24) is 9.25 Å². The summed E-state index contributed by atoms with van der Waals surface area (Å²) in [5.74, 6) is 0. The average molecular weight is 227 g/mol. The molecule has 0 aromatic heterocycles. The van der Waals surface area contributed by atoms with Crippen LogP contribution in [0, 0.1) is 0 Å². The maximum absolute atomic E-state index is 11.6. The van der Waals surface area contributed by atoms with Crippen LogP contribution in [0.4, 0.5) is 4.48 Å². The van der Waals surface area contributed by atoms with Crippen molar-refractivity contribution in [3.05, 3.63) is 0 Å². The highest BCUT2D eigenvalue weighted by Crippen LogP contribution is 2.10. The summed E-state index contributed by atoms with van der Waals surface area (Å²) in [5, 5.41) is 0. The third-order valence-corrected chi connectivity index (χ3v) is 3.63. The Hall–Kier alpha value is 0.800. The van der Waals surface area contributed by atoms with Crippen LogP contribution in [-0.2, 0) is 20.1 Å². The van der Waals surface area contributed by atoms with Gasteiger partial charge in [0, 0.05) is 18.2 Å². The van der Waals surface area contributed by atoms with Gasteiger partial charge in [-0.15, -0.1) is 4.48 Å². The van der Waals surface area contributed by atoms with Crippen LogP contribution in [-0.4, -0.2) is 20.5 Å². The molecule has 0 heterocycles. The SMILES string of the molecule is CN(C(Cl)Cl)S(=O)(=S)NF. The van der Waals surface area contributed by atoms with E-state index in [1.807, 2.05) is 0 Å². The first-order valence-electron chi connectivity index (χ1n) is 2.05. The summed E-state index contributed by atoms with van der Waals surface area (Å²) in [6.07, 6.45) is 0. The zero-order valence-electron chi connectivity index (χ0n) is 4.88. The molecule has 1 N–H and O–H groups in total. The minimum absolute atomic E-state index is 0.797. The Bertz CT molecular complexity index is 193. The smallest absolute Gasteiger partial charge is 0.183 e. The van der Waals surface area contributed by atoms with E-state index in [-0.39, 0.29) is 0 Å². The third kappa shape index (κ3) is 2.81. The van der Waals surface area contributed by atoms with E-state index in [0.717, 1.165) is 9.25 Å². The first-order valence-corrected chi connectivity index (χ1v) is 5.36. The number of hydrogen-bond acceptors (Lipinski definition) is 2. The quantitative estimate of drug-likeness (QED) is 0.438. The lowest BCUT2D eigenvalue weighted by molar-refractivity contribution is 0.421. The second-order valence-electron chi connectivity index (χ2n) is 1.38. The first-order chi connectivity index (χ1) is 4.41. The number of nitrogens with zero attached hydrogens (tertiary/aromatic N) is 1. The van der Waals surface area contributed by atoms with Gasteiger partial charge in [-0.05, 0) is 0 Å². The van der Waals surface area contributed by atoms with Crippen LogP contribution >= 0.6 is 23.2 Å². The Labute approximate surface area is 73.3 Å². The summed E-state index contributed by atoms with van der Waals surface area (Å²) < 4.78 is 23.2. The van der Waals surface area contributed by atoms with Gasteiger partial charge in [-0.2, -0.15) is 4.31 Å². The Morgan fingerprint density at radius 3 is 2.30 bits per heavy atom. The van der Waals surface area contributed by atoms with Gasteiger partial charge in [-0.3, -0.25) is 0 Å². The number of nitrogens with one attached hydrogen (secondary N) is 1. The number of rotatable bonds is 3. The van der Waals surface area contributed by atoms with Crippen LogP contribution in [0.5, 0.6) is 0 Å². The van der Waals surface area contributed by atoms with Crippen LogP contribution in [0.1, 0.15) is 0 Å². The van der Waals surface area contributed by atoms with Crippen molar-refractivity contribution >= 4 is 43.3 Å². The van der Waals surface area contributed by atoms with Crippen LogP contribution in [0.3, 0.4) is 0 Å². The summed E-state index contributed by atoms with van der Waals surface area (Å²) in [6, 6.07) is 0. The van der Waals surface area contributed by atoms with E-state index in [1.54, 1.807) is 0 Å². The Kier molecular flexibility index (Phi) is 4.30. The minimum atomic E-state index is -3.31. The van der Waals surface area contributed by atoms with Gasteiger partial charge < -0.3 is 0 Å². The molecule has 0 aliphatic rings. The van der Waals surface area contributed by atoms with Crippen LogP contribution in [0.2, 0.25) is 0 Å². The van der Waals surface area contributed by atoms with Gasteiger partial charge in [-0.25, -0.2) is 4.21 Å². The first kappa shape index (κ1) is 10.8. The van der Waals surface area contributed by atoms with Crippen molar-refractivity contribution in [2.45, 2.75) is 4.96 Å². The van der Waals surface area contributed by atoms with Crippen molar-refractivity contribution < 1.29 is 8.69 Å². The predicted octanol–water partition coefficient (Wildman–Crippen LogP) is 0.730. The maximum atomic E-state index is 11.6. The highest BCUT2D eigenvalue weighted by Gasteiger charge is 2.18. The molecule has 0 aromatic rings. The molecular formula is C2H5Cl2FN2OS2. The van der Waals surface area contributed by atoms with E-state index >= 15 is 0 Å². The van der Waals surface area contributed by atoms with E-state index in [0.29, 0.717) is 0 Å². The minimum Gasteiger partial charge on any atom is -0.222 e. The fourth-order valence-electron chi connectivity index (χ4n) is 0.159. The van der Waals surface area contributed by atoms with Gasteiger partial charge in [0.25, 0.3) is 0 Å². The largest absolute Gasteiger partial charge is 0.222 e. The summed E-state index contributed by atoms with van der Waals surface area (Å²) in [6.45, 7) is 0. The van der Waals surface area contributed by atoms with Crippen molar-refractivity contribution in [3.8, 4) is 0 Å². The molecule has 0 aliphatic carbocycles. The van der Waals surface area contributed by atoms with Crippen molar-refractivity contribution in [3.63, 3.8) is 0 Å². The van der Waals surface area contributed by atoms with E-state index in [9.17, 15) is 8.69 Å². The highest BCUT2D eigenvalue weighted by atomic mass is 35.5. The number of halogens is 3. The number of hydrogen-bond donors (Lipinski definition) is 1. The van der Waals surface area contributed by atoms with Crippen LogP contribution < -0.4 is 4.94 Å². The lowest BCUT2D eigenvalue weighted by atomic mass is 11.2. The lowest BCUT2D eigenvalue weighted by Gasteiger charge is -2.17. The average Bonchev–Trinajstić information content (AvgIpc) is 1.86. The van der Waals surface area contributed by atoms with Gasteiger partial charge in [0.15, 0.2) is 13.8 Å². The normalized spacial score (nSPS) is 17.8. The summed E-state index contributed by atoms with van der Waals surface area (Å²) in [7, 11) is -2.07. The predicted molar refractivity (Wildman–Crippen MR) is 43.0 cm³/mol. The lowest BCUT2D eigenvalue weighted by Crippen LogP contribution is -2.35. The molecule has 0 saturated carbocycles. The second kappa shape index (κ2) is 3.99. The Balaban J connectivity index is 4.35. The van der Waals surface area contributed by atoms with Gasteiger partial charge in [0.2, 0.25) is 0 Å². The summed E-state index contributed by atoms with van der Waals surface area (Å²) in [4.78, 5) is -0.168. The Morgan fingerprint density at radius 2 is 2.20 bits per heavy atom. The zero-order valence-corrected chi connectivity index (χ0v) is 8.03. The molecule has 62 valence electrons. The van der Waals surface area contributed by atoms with Crippen LogP contribution in [0.25, 0.3) is 0 Å². The van der Waals surface area contributed by atoms with E-state index in [2.05, 4.69) is 11.2 Å². The molecule has 0 amide bonds. The van der Waals surface area contributed by atoms with E-state index in [1.165, 1.54) is 7.05 Å². The summed E-state index contributed by atoms with van der Waals surface area (Å²) in [5.41, 5.74) is 0. The molecule has 0 rings (SSSR count). The molecule has 0 spiro atoms. The molecule has 10 heavy (non-hydrogen) atoms. The molecule has 0 aliphatic heterocycles. The second-order valence-corrected chi connectivity index (χ2v) is 5.46.